The van der Waals surface area contributed by atoms with Crippen LogP contribution in [0.5, 0.6) is 0 Å². The van der Waals surface area contributed by atoms with Gasteiger partial charge < -0.3 is 9.05 Å². The van der Waals surface area contributed by atoms with Crippen LogP contribution < -0.4 is 0 Å². The maximum atomic E-state index is 14.9. The molecule has 2 aromatic rings. The Morgan fingerprint density at radius 2 is 1.75 bits per heavy atom. The molecule has 130 valence electrons. The normalized spacial score (nSPS) is 12.5. The molecule has 8 heteroatoms. The van der Waals surface area contributed by atoms with Crippen LogP contribution >= 0.6 is 23.5 Å². The van der Waals surface area contributed by atoms with Gasteiger partial charge in [-0.25, -0.2) is 0 Å². The van der Waals surface area contributed by atoms with E-state index in [1.807, 2.05) is 0 Å². The number of alkyl halides is 2. The maximum Gasteiger partial charge on any atom is 0.404 e. The molecule has 0 spiro atoms. The first-order valence-corrected chi connectivity index (χ1v) is 9.58. The molecule has 0 N–H and O–H groups in total. The molecular weight excluding hydrogens is 405 g/mol. The summed E-state index contributed by atoms with van der Waals surface area (Å²) in [6, 6.07) is 7.40. The van der Waals surface area contributed by atoms with Crippen LogP contribution in [0.1, 0.15) is 29.8 Å². The van der Waals surface area contributed by atoms with E-state index < -0.39 is 18.8 Å². The number of halogens is 3. The number of carbonyl (C=O) groups excluding carboxylic acids is 1. The molecule has 4 nitrogen and oxygen atoms in total. The summed E-state index contributed by atoms with van der Waals surface area (Å²) >= 11 is 3.10. The summed E-state index contributed by atoms with van der Waals surface area (Å²) in [5.41, 5.74) is -4.00. The van der Waals surface area contributed by atoms with Gasteiger partial charge in [-0.05, 0) is 42.8 Å². The first kappa shape index (κ1) is 19.2. The van der Waals surface area contributed by atoms with Gasteiger partial charge in [-0.3, -0.25) is 9.36 Å². The lowest BCUT2D eigenvalue weighted by atomic mass is 10.0. The summed E-state index contributed by atoms with van der Waals surface area (Å²) in [6.07, 6.45) is 0.630. The van der Waals surface area contributed by atoms with E-state index in [-0.39, 0.29) is 17.7 Å². The fraction of sp³-hybridized carbons (Fsp3) is 0.312. The van der Waals surface area contributed by atoms with Gasteiger partial charge in [0.25, 0.3) is 0 Å². The second-order valence-electron chi connectivity index (χ2n) is 4.93. The Balaban J connectivity index is 2.65. The smallest absolute Gasteiger partial charge is 0.304 e. The lowest BCUT2D eigenvalue weighted by Crippen LogP contribution is -2.19. The number of benzene rings is 2. The van der Waals surface area contributed by atoms with Gasteiger partial charge in [0.05, 0.1) is 13.2 Å². The van der Waals surface area contributed by atoms with Crippen molar-refractivity contribution in [1.29, 1.82) is 0 Å². The zero-order valence-electron chi connectivity index (χ0n) is 13.1. The quantitative estimate of drug-likeness (QED) is 0.423. The number of hydrogen-bond donors (Lipinski definition) is 0. The van der Waals surface area contributed by atoms with Crippen molar-refractivity contribution in [2.45, 2.75) is 19.5 Å². The Labute approximate surface area is 146 Å². The fourth-order valence-electron chi connectivity index (χ4n) is 2.28. The Morgan fingerprint density at radius 3 is 2.29 bits per heavy atom. The van der Waals surface area contributed by atoms with Gasteiger partial charge in [0.15, 0.2) is 0 Å². The summed E-state index contributed by atoms with van der Waals surface area (Å²) < 4.78 is 52.1. The minimum Gasteiger partial charge on any atom is -0.304 e. The highest BCUT2D eigenvalue weighted by Crippen LogP contribution is 2.67. The minimum absolute atomic E-state index is 0.0819. The molecule has 0 heterocycles. The standard InChI is InChI=1S/C16H16BrF2O4P/c1-3-22-24(21,23-4-2)16(18,19)14-8-13-7-11(10-20)5-6-12(13)9-15(14)17/h5-10H,3-4H2,1-2H3. The molecule has 2 aromatic carbocycles. The highest BCUT2D eigenvalue weighted by Gasteiger charge is 2.55. The summed E-state index contributed by atoms with van der Waals surface area (Å²) in [6.45, 7) is 2.59. The maximum absolute atomic E-state index is 14.9. The van der Waals surface area contributed by atoms with Crippen LogP contribution in [0, 0.1) is 0 Å². The monoisotopic (exact) mass is 420 g/mol. The second-order valence-corrected chi connectivity index (χ2v) is 7.86. The van der Waals surface area contributed by atoms with Crippen molar-refractivity contribution in [3.05, 3.63) is 45.9 Å². The largest absolute Gasteiger partial charge is 0.404 e. The zero-order valence-corrected chi connectivity index (χ0v) is 15.6. The predicted molar refractivity (Wildman–Crippen MR) is 91.8 cm³/mol. The molecule has 0 bridgehead atoms. The first-order valence-electron chi connectivity index (χ1n) is 7.25. The fourth-order valence-corrected chi connectivity index (χ4v) is 4.60. The highest BCUT2D eigenvalue weighted by molar-refractivity contribution is 9.10. The Morgan fingerprint density at radius 1 is 1.12 bits per heavy atom. The Kier molecular flexibility index (Phi) is 5.91. The minimum atomic E-state index is -4.70. The van der Waals surface area contributed by atoms with Gasteiger partial charge in [0.2, 0.25) is 0 Å². The molecule has 0 saturated heterocycles. The number of fused-ring (bicyclic) bond motifs is 1. The predicted octanol–water partition coefficient (Wildman–Crippen LogP) is 5.73. The van der Waals surface area contributed by atoms with Crippen molar-refractivity contribution in [2.24, 2.45) is 0 Å². The lowest BCUT2D eigenvalue weighted by molar-refractivity contribution is 0.0356. The molecule has 0 aliphatic rings. The average Bonchev–Trinajstić information content (AvgIpc) is 2.54. The molecule has 24 heavy (non-hydrogen) atoms. The molecule has 0 fully saturated rings. The molecule has 0 aromatic heterocycles. The number of carbonyl (C=O) groups is 1. The van der Waals surface area contributed by atoms with E-state index in [0.717, 1.165) is 0 Å². The van der Waals surface area contributed by atoms with Gasteiger partial charge in [-0.1, -0.05) is 28.1 Å². The number of rotatable bonds is 7. The van der Waals surface area contributed by atoms with E-state index in [9.17, 15) is 18.1 Å². The van der Waals surface area contributed by atoms with Crippen molar-refractivity contribution in [3.63, 3.8) is 0 Å². The van der Waals surface area contributed by atoms with Crippen molar-refractivity contribution >= 4 is 40.6 Å². The highest BCUT2D eigenvalue weighted by atomic mass is 79.9. The summed E-state index contributed by atoms with van der Waals surface area (Å²) in [5.74, 6) is 0. The molecule has 0 unspecified atom stereocenters. The summed E-state index contributed by atoms with van der Waals surface area (Å²) in [5, 5.41) is 1.09. The van der Waals surface area contributed by atoms with E-state index in [4.69, 9.17) is 9.05 Å². The lowest BCUT2D eigenvalue weighted by Gasteiger charge is -2.27. The molecule has 2 rings (SSSR count). The first-order chi connectivity index (χ1) is 11.3. The molecule has 0 saturated carbocycles. The van der Waals surface area contributed by atoms with E-state index >= 15 is 0 Å². The number of hydrogen-bond acceptors (Lipinski definition) is 4. The zero-order chi connectivity index (χ0) is 18.0. The molecule has 0 atom stereocenters. The van der Waals surface area contributed by atoms with Crippen molar-refractivity contribution in [2.75, 3.05) is 13.2 Å². The van der Waals surface area contributed by atoms with Crippen LogP contribution in [0.15, 0.2) is 34.8 Å². The second kappa shape index (κ2) is 7.40. The summed E-state index contributed by atoms with van der Waals surface area (Å²) in [7, 11) is -4.70. The van der Waals surface area contributed by atoms with Gasteiger partial charge in [0.1, 0.15) is 6.29 Å². The average molecular weight is 421 g/mol. The molecule has 0 aliphatic carbocycles. The van der Waals surface area contributed by atoms with E-state index in [1.54, 1.807) is 12.1 Å². The van der Waals surface area contributed by atoms with Gasteiger partial charge in [-0.15, -0.1) is 0 Å². The van der Waals surface area contributed by atoms with Gasteiger partial charge in [0, 0.05) is 15.6 Å². The van der Waals surface area contributed by atoms with Crippen LogP contribution in [-0.4, -0.2) is 19.5 Å². The van der Waals surface area contributed by atoms with Crippen LogP contribution in [0.4, 0.5) is 8.78 Å². The van der Waals surface area contributed by atoms with Crippen molar-refractivity contribution in [1.82, 2.24) is 0 Å². The van der Waals surface area contributed by atoms with Crippen LogP contribution in [0.2, 0.25) is 0 Å². The Bertz CT molecular complexity index is 800. The third-order valence-electron chi connectivity index (χ3n) is 3.35. The van der Waals surface area contributed by atoms with E-state index in [1.165, 1.54) is 32.0 Å². The van der Waals surface area contributed by atoms with Crippen LogP contribution in [-0.2, 0) is 19.3 Å². The topological polar surface area (TPSA) is 52.6 Å². The summed E-state index contributed by atoms with van der Waals surface area (Å²) in [4.78, 5) is 10.9. The molecule has 0 amide bonds. The van der Waals surface area contributed by atoms with Crippen molar-refractivity contribution in [3.8, 4) is 0 Å². The molecule has 0 radical (unpaired) electrons. The van der Waals surface area contributed by atoms with Crippen LogP contribution in [0.3, 0.4) is 0 Å². The van der Waals surface area contributed by atoms with Gasteiger partial charge >= 0.3 is 13.3 Å². The van der Waals surface area contributed by atoms with E-state index in [0.29, 0.717) is 22.6 Å². The molecule has 0 aliphatic heterocycles. The Hall–Kier alpha value is -1.14. The van der Waals surface area contributed by atoms with E-state index in [2.05, 4.69) is 15.9 Å². The van der Waals surface area contributed by atoms with Crippen LogP contribution in [0.25, 0.3) is 10.8 Å². The third kappa shape index (κ3) is 3.45. The van der Waals surface area contributed by atoms with Gasteiger partial charge in [-0.2, -0.15) is 8.78 Å². The SMILES string of the molecule is CCOP(=O)(OCC)C(F)(F)c1cc2cc(C=O)ccc2cc1Br. The molecular formula is C16H16BrF2O4P. The third-order valence-corrected chi connectivity index (χ3v) is 6.13. The number of aldehydes is 1. The van der Waals surface area contributed by atoms with Crippen molar-refractivity contribution < 1.29 is 27.2 Å².